The van der Waals surface area contributed by atoms with Crippen LogP contribution in [-0.4, -0.2) is 15.8 Å². The molecule has 0 N–H and O–H groups in total. The summed E-state index contributed by atoms with van der Waals surface area (Å²) in [5.41, 5.74) is 1.61. The summed E-state index contributed by atoms with van der Waals surface area (Å²) in [6.07, 6.45) is 0.773. The van der Waals surface area contributed by atoms with Crippen LogP contribution in [0.25, 0.3) is 0 Å². The van der Waals surface area contributed by atoms with Gasteiger partial charge in [0.25, 0.3) is 0 Å². The van der Waals surface area contributed by atoms with Gasteiger partial charge in [0.2, 0.25) is 0 Å². The Hall–Kier alpha value is -1.14. The third kappa shape index (κ3) is 2.43. The van der Waals surface area contributed by atoms with Crippen molar-refractivity contribution >= 4 is 11.6 Å². The fourth-order valence-corrected chi connectivity index (χ4v) is 1.40. The van der Waals surface area contributed by atoms with Crippen molar-refractivity contribution in [3.63, 3.8) is 0 Å². The number of alkyl halides is 1. The molecule has 0 fully saturated rings. The van der Waals surface area contributed by atoms with E-state index >= 15 is 0 Å². The second kappa shape index (κ2) is 4.92. The molecule has 1 aromatic rings. The van der Waals surface area contributed by atoms with E-state index in [1.807, 2.05) is 19.9 Å². The van der Waals surface area contributed by atoms with Crippen molar-refractivity contribution in [2.45, 2.75) is 26.2 Å². The highest BCUT2D eigenvalue weighted by Crippen LogP contribution is 2.15. The minimum Gasteiger partial charge on any atom is -0.238 e. The molecule has 1 unspecified atom stereocenters. The average molecular weight is 210 g/mol. The van der Waals surface area contributed by atoms with Crippen molar-refractivity contribution in [1.82, 2.24) is 9.97 Å². The summed E-state index contributed by atoms with van der Waals surface area (Å²) in [4.78, 5) is 8.52. The Morgan fingerprint density at radius 3 is 2.79 bits per heavy atom. The molecule has 0 aliphatic rings. The molecule has 4 heteroatoms. The van der Waals surface area contributed by atoms with E-state index in [9.17, 15) is 0 Å². The fourth-order valence-electron chi connectivity index (χ4n) is 1.17. The van der Waals surface area contributed by atoms with Crippen molar-refractivity contribution in [3.05, 3.63) is 23.3 Å². The van der Waals surface area contributed by atoms with Crippen LogP contribution in [-0.2, 0) is 6.42 Å². The standard InChI is InChI=1S/C10H12ClN3/c1-3-10-13-7(2)4-9(14-10)8(5-11)6-12/h4,8H,3,5H2,1-2H3. The van der Waals surface area contributed by atoms with Crippen LogP contribution in [0, 0.1) is 18.3 Å². The Morgan fingerprint density at radius 1 is 1.57 bits per heavy atom. The van der Waals surface area contributed by atoms with Gasteiger partial charge in [0, 0.05) is 18.0 Å². The van der Waals surface area contributed by atoms with E-state index in [2.05, 4.69) is 16.0 Å². The average Bonchev–Trinajstić information content (AvgIpc) is 2.19. The summed E-state index contributed by atoms with van der Waals surface area (Å²) in [6, 6.07) is 3.94. The molecule has 0 aliphatic carbocycles. The van der Waals surface area contributed by atoms with Crippen molar-refractivity contribution in [2.75, 3.05) is 5.88 Å². The van der Waals surface area contributed by atoms with Gasteiger partial charge in [-0.25, -0.2) is 9.97 Å². The number of rotatable bonds is 3. The Kier molecular flexibility index (Phi) is 3.84. The number of aryl methyl sites for hydroxylation is 2. The fraction of sp³-hybridized carbons (Fsp3) is 0.500. The maximum absolute atomic E-state index is 8.84. The highest BCUT2D eigenvalue weighted by atomic mass is 35.5. The monoisotopic (exact) mass is 209 g/mol. The largest absolute Gasteiger partial charge is 0.238 e. The van der Waals surface area contributed by atoms with Crippen LogP contribution in [0.4, 0.5) is 0 Å². The number of aromatic nitrogens is 2. The Labute approximate surface area is 88.8 Å². The molecule has 0 bridgehead atoms. The first-order valence-corrected chi connectivity index (χ1v) is 5.04. The van der Waals surface area contributed by atoms with Gasteiger partial charge in [-0.3, -0.25) is 0 Å². The van der Waals surface area contributed by atoms with Crippen molar-refractivity contribution < 1.29 is 0 Å². The molecule has 0 radical (unpaired) electrons. The number of hydrogen-bond donors (Lipinski definition) is 0. The zero-order chi connectivity index (χ0) is 10.6. The summed E-state index contributed by atoms with van der Waals surface area (Å²) in [7, 11) is 0. The third-order valence-electron chi connectivity index (χ3n) is 1.90. The maximum Gasteiger partial charge on any atom is 0.128 e. The van der Waals surface area contributed by atoms with Crippen molar-refractivity contribution in [2.24, 2.45) is 0 Å². The molecule has 0 saturated carbocycles. The van der Waals surface area contributed by atoms with Crippen LogP contribution in [0.3, 0.4) is 0 Å². The number of nitriles is 1. The van der Waals surface area contributed by atoms with Gasteiger partial charge in [0.1, 0.15) is 11.7 Å². The van der Waals surface area contributed by atoms with E-state index in [1.165, 1.54) is 0 Å². The normalized spacial score (nSPS) is 12.1. The second-order valence-electron chi connectivity index (χ2n) is 3.04. The van der Waals surface area contributed by atoms with Gasteiger partial charge in [0.05, 0.1) is 11.8 Å². The lowest BCUT2D eigenvalue weighted by Gasteiger charge is -2.06. The summed E-state index contributed by atoms with van der Waals surface area (Å²) in [5.74, 6) is 0.713. The lowest BCUT2D eigenvalue weighted by molar-refractivity contribution is 0.836. The van der Waals surface area contributed by atoms with Gasteiger partial charge < -0.3 is 0 Å². The minimum atomic E-state index is -0.330. The molecule has 14 heavy (non-hydrogen) atoms. The highest BCUT2D eigenvalue weighted by Gasteiger charge is 2.12. The lowest BCUT2D eigenvalue weighted by Crippen LogP contribution is -2.05. The van der Waals surface area contributed by atoms with Gasteiger partial charge in [-0.05, 0) is 13.0 Å². The molecule has 1 rings (SSSR count). The third-order valence-corrected chi connectivity index (χ3v) is 2.21. The molecule has 3 nitrogen and oxygen atoms in total. The molecule has 0 saturated heterocycles. The van der Waals surface area contributed by atoms with Crippen LogP contribution in [0.2, 0.25) is 0 Å². The van der Waals surface area contributed by atoms with E-state index in [0.29, 0.717) is 0 Å². The summed E-state index contributed by atoms with van der Waals surface area (Å²) < 4.78 is 0. The zero-order valence-electron chi connectivity index (χ0n) is 8.29. The molecule has 0 aliphatic heterocycles. The topological polar surface area (TPSA) is 49.6 Å². The van der Waals surface area contributed by atoms with Gasteiger partial charge in [-0.15, -0.1) is 11.6 Å². The van der Waals surface area contributed by atoms with Crippen LogP contribution in [0.15, 0.2) is 6.07 Å². The molecule has 0 spiro atoms. The Bertz CT molecular complexity index is 357. The predicted molar refractivity (Wildman–Crippen MR) is 55.2 cm³/mol. The smallest absolute Gasteiger partial charge is 0.128 e. The molecule has 1 aromatic heterocycles. The molecular formula is C10H12ClN3. The summed E-state index contributed by atoms with van der Waals surface area (Å²) in [6.45, 7) is 3.88. The van der Waals surface area contributed by atoms with Crippen LogP contribution in [0.5, 0.6) is 0 Å². The molecule has 1 atom stereocenters. The minimum absolute atomic E-state index is 0.274. The van der Waals surface area contributed by atoms with E-state index in [-0.39, 0.29) is 11.8 Å². The van der Waals surface area contributed by atoms with Crippen molar-refractivity contribution in [3.8, 4) is 6.07 Å². The molecular weight excluding hydrogens is 198 g/mol. The molecule has 0 amide bonds. The van der Waals surface area contributed by atoms with E-state index < -0.39 is 0 Å². The maximum atomic E-state index is 8.84. The van der Waals surface area contributed by atoms with Crippen LogP contribution in [0.1, 0.15) is 30.1 Å². The number of halogens is 1. The first-order valence-electron chi connectivity index (χ1n) is 4.51. The number of nitrogens with zero attached hydrogens (tertiary/aromatic N) is 3. The SMILES string of the molecule is CCc1nc(C)cc(C(C#N)CCl)n1. The van der Waals surface area contributed by atoms with Crippen LogP contribution < -0.4 is 0 Å². The van der Waals surface area contributed by atoms with E-state index in [1.54, 1.807) is 0 Å². The molecule has 0 aromatic carbocycles. The van der Waals surface area contributed by atoms with Gasteiger partial charge >= 0.3 is 0 Å². The molecule has 1 heterocycles. The van der Waals surface area contributed by atoms with E-state index in [0.717, 1.165) is 23.6 Å². The van der Waals surface area contributed by atoms with E-state index in [4.69, 9.17) is 16.9 Å². The van der Waals surface area contributed by atoms with Crippen molar-refractivity contribution in [1.29, 1.82) is 5.26 Å². The van der Waals surface area contributed by atoms with Gasteiger partial charge in [-0.1, -0.05) is 6.92 Å². The predicted octanol–water partition coefficient (Wildman–Crippen LogP) is 2.19. The van der Waals surface area contributed by atoms with Gasteiger partial charge in [0.15, 0.2) is 0 Å². The summed E-state index contributed by atoms with van der Waals surface area (Å²) >= 11 is 5.67. The first kappa shape index (κ1) is 10.9. The highest BCUT2D eigenvalue weighted by molar-refractivity contribution is 6.18. The summed E-state index contributed by atoms with van der Waals surface area (Å²) in [5, 5.41) is 8.84. The zero-order valence-corrected chi connectivity index (χ0v) is 9.04. The Morgan fingerprint density at radius 2 is 2.29 bits per heavy atom. The number of hydrogen-bond acceptors (Lipinski definition) is 3. The van der Waals surface area contributed by atoms with Gasteiger partial charge in [-0.2, -0.15) is 5.26 Å². The molecule has 74 valence electrons. The Balaban J connectivity index is 3.09. The van der Waals surface area contributed by atoms with Crippen LogP contribution >= 0.6 is 11.6 Å². The second-order valence-corrected chi connectivity index (χ2v) is 3.35. The quantitative estimate of drug-likeness (QED) is 0.718. The lowest BCUT2D eigenvalue weighted by atomic mass is 10.1. The first-order chi connectivity index (χ1) is 6.71.